The average Bonchev–Trinajstić information content (AvgIpc) is 2.70. The monoisotopic (exact) mass is 478 g/mol. The van der Waals surface area contributed by atoms with Crippen LogP contribution in [-0.2, 0) is 0 Å². The molecule has 3 aromatic carbocycles. The summed E-state index contributed by atoms with van der Waals surface area (Å²) in [5, 5.41) is 4.40. The average molecular weight is 480 g/mol. The van der Waals surface area contributed by atoms with E-state index in [4.69, 9.17) is 16.6 Å². The molecule has 0 saturated heterocycles. The van der Waals surface area contributed by atoms with E-state index in [1.807, 2.05) is 75.4 Å². The van der Waals surface area contributed by atoms with Gasteiger partial charge in [0, 0.05) is 26.1 Å². The van der Waals surface area contributed by atoms with E-state index in [1.54, 1.807) is 6.07 Å². The number of nitrogens with zero attached hydrogens (tertiary/aromatic N) is 1. The molecule has 0 saturated carbocycles. The molecule has 150 valence electrons. The van der Waals surface area contributed by atoms with Gasteiger partial charge < -0.3 is 5.32 Å². The summed E-state index contributed by atoms with van der Waals surface area (Å²) in [5.41, 5.74) is 6.90. The number of aryl methyl sites for hydroxylation is 3. The van der Waals surface area contributed by atoms with Crippen LogP contribution < -0.4 is 5.32 Å². The summed E-state index contributed by atoms with van der Waals surface area (Å²) in [5.74, 6) is -0.201. The highest BCUT2D eigenvalue weighted by molar-refractivity contribution is 9.10. The number of pyridine rings is 1. The lowest BCUT2D eigenvalue weighted by Crippen LogP contribution is -2.13. The van der Waals surface area contributed by atoms with Crippen LogP contribution in [-0.4, -0.2) is 10.9 Å². The van der Waals surface area contributed by atoms with E-state index in [0.29, 0.717) is 16.3 Å². The Labute approximate surface area is 189 Å². The zero-order valence-corrected chi connectivity index (χ0v) is 19.2. The standard InChI is InChI=1S/C25H20BrClN2O/c1-14-4-7-17(8-5-14)23-13-21(20-11-18(26)10-16(3)24(20)29-23)25(30)28-19-9-6-15(2)22(27)12-19/h4-13H,1-3H3,(H,28,30). The fourth-order valence-electron chi connectivity index (χ4n) is 3.39. The fourth-order valence-corrected chi connectivity index (χ4v) is 4.14. The van der Waals surface area contributed by atoms with Crippen LogP contribution in [0.1, 0.15) is 27.0 Å². The normalized spacial score (nSPS) is 11.0. The number of hydrogen-bond donors (Lipinski definition) is 1. The number of aromatic nitrogens is 1. The summed E-state index contributed by atoms with van der Waals surface area (Å²) in [6.07, 6.45) is 0. The predicted molar refractivity (Wildman–Crippen MR) is 128 cm³/mol. The van der Waals surface area contributed by atoms with Crippen molar-refractivity contribution in [1.82, 2.24) is 4.98 Å². The third-order valence-electron chi connectivity index (χ3n) is 5.09. The Hall–Kier alpha value is -2.69. The fraction of sp³-hybridized carbons (Fsp3) is 0.120. The maximum atomic E-state index is 13.3. The number of anilines is 1. The molecule has 0 radical (unpaired) electrons. The number of nitrogens with one attached hydrogen (secondary N) is 1. The van der Waals surface area contributed by atoms with Crippen molar-refractivity contribution in [3.8, 4) is 11.3 Å². The number of benzene rings is 3. The molecule has 4 rings (SSSR count). The Morgan fingerprint density at radius 2 is 1.67 bits per heavy atom. The first kappa shape index (κ1) is 20.6. The second-order valence-electron chi connectivity index (χ2n) is 7.46. The van der Waals surface area contributed by atoms with Crippen molar-refractivity contribution in [1.29, 1.82) is 0 Å². The number of halogens is 2. The van der Waals surface area contributed by atoms with E-state index >= 15 is 0 Å². The van der Waals surface area contributed by atoms with Crippen LogP contribution in [0.2, 0.25) is 5.02 Å². The molecule has 5 heteroatoms. The number of carbonyl (C=O) groups is 1. The molecule has 1 aromatic heterocycles. The zero-order valence-electron chi connectivity index (χ0n) is 16.9. The Morgan fingerprint density at radius 1 is 0.933 bits per heavy atom. The van der Waals surface area contributed by atoms with Crippen LogP contribution in [0.5, 0.6) is 0 Å². The molecule has 4 aromatic rings. The maximum absolute atomic E-state index is 13.3. The van der Waals surface area contributed by atoms with Gasteiger partial charge in [-0.05, 0) is 62.2 Å². The van der Waals surface area contributed by atoms with Crippen LogP contribution in [0.4, 0.5) is 5.69 Å². The van der Waals surface area contributed by atoms with Gasteiger partial charge in [-0.1, -0.05) is 63.4 Å². The quantitative estimate of drug-likeness (QED) is 0.330. The van der Waals surface area contributed by atoms with E-state index in [-0.39, 0.29) is 5.91 Å². The van der Waals surface area contributed by atoms with Gasteiger partial charge >= 0.3 is 0 Å². The first-order valence-electron chi connectivity index (χ1n) is 9.57. The van der Waals surface area contributed by atoms with Crippen LogP contribution in [0.3, 0.4) is 0 Å². The van der Waals surface area contributed by atoms with Gasteiger partial charge in [0.1, 0.15) is 0 Å². The van der Waals surface area contributed by atoms with Crippen molar-refractivity contribution in [2.24, 2.45) is 0 Å². The van der Waals surface area contributed by atoms with Crippen LogP contribution in [0, 0.1) is 20.8 Å². The van der Waals surface area contributed by atoms with Crippen molar-refractivity contribution in [3.05, 3.63) is 92.4 Å². The third kappa shape index (κ3) is 4.11. The summed E-state index contributed by atoms with van der Waals surface area (Å²) in [6, 6.07) is 19.4. The lowest BCUT2D eigenvalue weighted by atomic mass is 10.0. The number of carbonyl (C=O) groups excluding carboxylic acids is 1. The minimum absolute atomic E-state index is 0.201. The smallest absolute Gasteiger partial charge is 0.256 e. The molecule has 0 fully saturated rings. The molecule has 0 spiro atoms. The lowest BCUT2D eigenvalue weighted by Gasteiger charge is -2.13. The molecule has 1 heterocycles. The van der Waals surface area contributed by atoms with Gasteiger partial charge in [0.05, 0.1) is 16.8 Å². The van der Waals surface area contributed by atoms with Gasteiger partial charge in [0.15, 0.2) is 0 Å². The maximum Gasteiger partial charge on any atom is 0.256 e. The summed E-state index contributed by atoms with van der Waals surface area (Å²) in [4.78, 5) is 18.2. The molecule has 30 heavy (non-hydrogen) atoms. The highest BCUT2D eigenvalue weighted by Gasteiger charge is 2.16. The number of amides is 1. The minimum atomic E-state index is -0.201. The molecule has 0 aliphatic heterocycles. The zero-order chi connectivity index (χ0) is 21.4. The van der Waals surface area contributed by atoms with E-state index in [2.05, 4.69) is 21.2 Å². The first-order chi connectivity index (χ1) is 14.3. The molecule has 3 nitrogen and oxygen atoms in total. The second-order valence-corrected chi connectivity index (χ2v) is 8.78. The Morgan fingerprint density at radius 3 is 2.37 bits per heavy atom. The Kier molecular flexibility index (Phi) is 5.63. The van der Waals surface area contributed by atoms with E-state index in [0.717, 1.165) is 37.8 Å². The Bertz CT molecular complexity index is 1280. The number of rotatable bonds is 3. The lowest BCUT2D eigenvalue weighted by molar-refractivity contribution is 0.102. The molecule has 1 N–H and O–H groups in total. The van der Waals surface area contributed by atoms with E-state index in [1.165, 1.54) is 5.56 Å². The third-order valence-corrected chi connectivity index (χ3v) is 5.96. The van der Waals surface area contributed by atoms with Crippen molar-refractivity contribution in [2.75, 3.05) is 5.32 Å². The molecular weight excluding hydrogens is 460 g/mol. The summed E-state index contributed by atoms with van der Waals surface area (Å²) in [7, 11) is 0. The molecule has 0 bridgehead atoms. The second kappa shape index (κ2) is 8.21. The molecule has 0 atom stereocenters. The predicted octanol–water partition coefficient (Wildman–Crippen LogP) is 7.50. The van der Waals surface area contributed by atoms with Gasteiger partial charge in [0.25, 0.3) is 5.91 Å². The molecule has 1 amide bonds. The molecule has 0 aliphatic rings. The van der Waals surface area contributed by atoms with Crippen LogP contribution in [0.25, 0.3) is 22.2 Å². The van der Waals surface area contributed by atoms with Crippen molar-refractivity contribution in [2.45, 2.75) is 20.8 Å². The topological polar surface area (TPSA) is 42.0 Å². The SMILES string of the molecule is Cc1ccc(-c2cc(C(=O)Nc3ccc(C)c(Cl)c3)c3cc(Br)cc(C)c3n2)cc1. The minimum Gasteiger partial charge on any atom is -0.322 e. The van der Waals surface area contributed by atoms with E-state index in [9.17, 15) is 4.79 Å². The van der Waals surface area contributed by atoms with Crippen molar-refractivity contribution in [3.63, 3.8) is 0 Å². The first-order valence-corrected chi connectivity index (χ1v) is 10.7. The summed E-state index contributed by atoms with van der Waals surface area (Å²) < 4.78 is 0.907. The van der Waals surface area contributed by atoms with Crippen molar-refractivity contribution >= 4 is 50.0 Å². The molecular formula is C25H20BrClN2O. The van der Waals surface area contributed by atoms with Gasteiger partial charge in [-0.15, -0.1) is 0 Å². The summed E-state index contributed by atoms with van der Waals surface area (Å²) >= 11 is 9.78. The van der Waals surface area contributed by atoms with Gasteiger partial charge in [-0.25, -0.2) is 4.98 Å². The van der Waals surface area contributed by atoms with Gasteiger partial charge in [-0.2, -0.15) is 0 Å². The van der Waals surface area contributed by atoms with Crippen LogP contribution in [0.15, 0.2) is 65.1 Å². The van der Waals surface area contributed by atoms with Crippen molar-refractivity contribution < 1.29 is 4.79 Å². The Balaban J connectivity index is 1.86. The summed E-state index contributed by atoms with van der Waals surface area (Å²) in [6.45, 7) is 5.98. The van der Waals surface area contributed by atoms with E-state index < -0.39 is 0 Å². The number of fused-ring (bicyclic) bond motifs is 1. The molecule has 0 unspecified atom stereocenters. The number of hydrogen-bond acceptors (Lipinski definition) is 2. The van der Waals surface area contributed by atoms with Gasteiger partial charge in [0.2, 0.25) is 0 Å². The highest BCUT2D eigenvalue weighted by atomic mass is 79.9. The largest absolute Gasteiger partial charge is 0.322 e. The highest BCUT2D eigenvalue weighted by Crippen LogP contribution is 2.30. The van der Waals surface area contributed by atoms with Crippen LogP contribution >= 0.6 is 27.5 Å². The van der Waals surface area contributed by atoms with Gasteiger partial charge in [-0.3, -0.25) is 4.79 Å². The molecule has 0 aliphatic carbocycles.